The SMILES string of the molecule is C=C(CC[C@]1(OC)O[C@H]2C[C@H]3[C@@H]4CC=C5C[C@@H](O)C[C@@H](O[C@@H]6OC[C@H](O)[C@H](O[C@@H]7OC[C@@H](O)[C@H](O)[C@H]7O)[C@H]6O[C@@H]6O[C@@H](C)[C@H](O)[C@@H](O)[C@H]6O)[C@]5(C)[C@H]4CC[C@]3(C)[C@H]2[C@@H]1C)CO[C@@H]1O[C@H](CO)[C@@H](O)[C@H](O)[C@H]1O. The first-order valence-corrected chi connectivity index (χ1v) is 25.9. The standard InChI is InChI=1S/C50H80O22/c1-20(17-64-44-40(61)38(59)36(57)31(16-51)68-44)9-12-50(63-6)21(2)33-30(72-50)15-27-25-8-7-23-13-24(52)14-32(49(23,5)26(25)10-11-48(27,33)4)69-47-43(71-46-41(62)37(58)34(55)22(3)67-46)42(29(54)19-66-47)70-45-39(60)35(56)28(53)18-65-45/h7,21-22,24-47,51-62H,1,8-19H2,2-6H3/t21-,22-,24+,25+,26-,27-,28+,29-,30-,31+,32+,33-,34-,35-,36+,37+,38-,39+,40+,41+,42-,43+,44+,45-,46-,47-,48-,49-,50-/m0/s1. The van der Waals surface area contributed by atoms with E-state index < -0.39 is 141 Å². The predicted molar refractivity (Wildman–Crippen MR) is 244 cm³/mol. The molecule has 0 aromatic carbocycles. The molecule has 22 heteroatoms. The lowest BCUT2D eigenvalue weighted by molar-refractivity contribution is -0.382. The van der Waals surface area contributed by atoms with Crippen molar-refractivity contribution in [3.05, 3.63) is 23.8 Å². The quantitative estimate of drug-likeness (QED) is 0.0823. The molecular formula is C50H80O22. The number of ether oxygens (including phenoxy) is 10. The van der Waals surface area contributed by atoms with Crippen molar-refractivity contribution in [2.75, 3.05) is 33.5 Å². The van der Waals surface area contributed by atoms with Crippen LogP contribution in [0, 0.1) is 40.4 Å². The zero-order valence-electron chi connectivity index (χ0n) is 41.7. The fourth-order valence-corrected chi connectivity index (χ4v) is 14.7. The second kappa shape index (κ2) is 21.4. The second-order valence-electron chi connectivity index (χ2n) is 22.8. The summed E-state index contributed by atoms with van der Waals surface area (Å²) >= 11 is 0. The second-order valence-corrected chi connectivity index (χ2v) is 22.8. The third kappa shape index (κ3) is 9.61. The molecule has 9 aliphatic rings. The number of hydrogen-bond acceptors (Lipinski definition) is 22. The van der Waals surface area contributed by atoms with Gasteiger partial charge in [-0.2, -0.15) is 0 Å². The van der Waals surface area contributed by atoms with Crippen LogP contribution in [-0.4, -0.2) is 230 Å². The van der Waals surface area contributed by atoms with Crippen molar-refractivity contribution < 1.29 is 109 Å². The molecule has 3 saturated carbocycles. The molecule has 29 atom stereocenters. The Balaban J connectivity index is 0.912. The molecule has 9 rings (SSSR count). The van der Waals surface area contributed by atoms with Crippen LogP contribution in [0.3, 0.4) is 0 Å². The summed E-state index contributed by atoms with van der Waals surface area (Å²) in [6.45, 7) is 11.1. The predicted octanol–water partition coefficient (Wildman–Crippen LogP) is -2.18. The lowest BCUT2D eigenvalue weighted by atomic mass is 9.46. The van der Waals surface area contributed by atoms with E-state index in [1.54, 1.807) is 7.11 Å². The Labute approximate surface area is 419 Å². The lowest BCUT2D eigenvalue weighted by Crippen LogP contribution is -2.65. The van der Waals surface area contributed by atoms with Gasteiger partial charge in [0, 0.05) is 31.3 Å². The van der Waals surface area contributed by atoms with Crippen molar-refractivity contribution in [2.45, 2.75) is 214 Å². The molecule has 412 valence electrons. The third-order valence-corrected chi connectivity index (χ3v) is 18.8. The summed E-state index contributed by atoms with van der Waals surface area (Å²) in [6.07, 6.45) is -20.7. The fraction of sp³-hybridized carbons (Fsp3) is 0.920. The van der Waals surface area contributed by atoms with Crippen LogP contribution in [0.4, 0.5) is 0 Å². The molecule has 5 heterocycles. The van der Waals surface area contributed by atoms with E-state index in [4.69, 9.17) is 47.4 Å². The van der Waals surface area contributed by atoms with Crippen molar-refractivity contribution in [2.24, 2.45) is 40.4 Å². The van der Waals surface area contributed by atoms with E-state index in [1.165, 1.54) is 6.92 Å². The average molecular weight is 1030 g/mol. The van der Waals surface area contributed by atoms with Crippen molar-refractivity contribution in [1.82, 2.24) is 0 Å². The highest BCUT2D eigenvalue weighted by molar-refractivity contribution is 5.29. The Bertz CT molecular complexity index is 1910. The molecule has 4 aliphatic carbocycles. The molecule has 0 amide bonds. The van der Waals surface area contributed by atoms with E-state index in [2.05, 4.69) is 33.4 Å². The van der Waals surface area contributed by atoms with E-state index in [1.807, 2.05) is 0 Å². The normalized spacial score (nSPS) is 54.5. The van der Waals surface area contributed by atoms with Gasteiger partial charge in [0.25, 0.3) is 0 Å². The minimum Gasteiger partial charge on any atom is -0.394 e. The highest BCUT2D eigenvalue weighted by atomic mass is 16.8. The zero-order chi connectivity index (χ0) is 51.9. The van der Waals surface area contributed by atoms with Crippen LogP contribution in [0.5, 0.6) is 0 Å². The minimum atomic E-state index is -1.76. The number of aliphatic hydroxyl groups is 12. The smallest absolute Gasteiger partial charge is 0.187 e. The van der Waals surface area contributed by atoms with Crippen LogP contribution in [-0.2, 0) is 47.4 Å². The summed E-state index contributed by atoms with van der Waals surface area (Å²) in [5.41, 5.74) is 0.992. The van der Waals surface area contributed by atoms with Crippen LogP contribution < -0.4 is 0 Å². The molecule has 0 radical (unpaired) electrons. The molecule has 5 aliphatic heterocycles. The number of methoxy groups -OCH3 is 1. The molecule has 72 heavy (non-hydrogen) atoms. The van der Waals surface area contributed by atoms with Crippen molar-refractivity contribution in [3.63, 3.8) is 0 Å². The molecule has 5 saturated heterocycles. The van der Waals surface area contributed by atoms with E-state index in [-0.39, 0.29) is 67.3 Å². The molecule has 8 fully saturated rings. The van der Waals surface area contributed by atoms with E-state index in [0.717, 1.165) is 31.3 Å². The molecular weight excluding hydrogens is 953 g/mol. The Kier molecular flexibility index (Phi) is 16.5. The molecule has 0 aromatic rings. The van der Waals surface area contributed by atoms with Gasteiger partial charge in [0.1, 0.15) is 79.4 Å². The lowest BCUT2D eigenvalue weighted by Gasteiger charge is -2.60. The van der Waals surface area contributed by atoms with E-state index in [0.29, 0.717) is 24.8 Å². The zero-order valence-corrected chi connectivity index (χ0v) is 41.7. The summed E-state index contributed by atoms with van der Waals surface area (Å²) < 4.78 is 61.7. The number of aliphatic hydroxyl groups excluding tert-OH is 12. The van der Waals surface area contributed by atoms with Gasteiger partial charge in [0.05, 0.1) is 50.8 Å². The number of fused-ring (bicyclic) bond motifs is 7. The van der Waals surface area contributed by atoms with Gasteiger partial charge in [-0.05, 0) is 74.5 Å². The van der Waals surface area contributed by atoms with E-state index in [9.17, 15) is 61.3 Å². The maximum absolute atomic E-state index is 11.5. The molecule has 0 aromatic heterocycles. The monoisotopic (exact) mass is 1030 g/mol. The molecule has 12 N–H and O–H groups in total. The van der Waals surface area contributed by atoms with Gasteiger partial charge in [-0.3, -0.25) is 0 Å². The largest absolute Gasteiger partial charge is 0.394 e. The Morgan fingerprint density at radius 2 is 1.40 bits per heavy atom. The maximum Gasteiger partial charge on any atom is 0.187 e. The van der Waals surface area contributed by atoms with Gasteiger partial charge in [0.15, 0.2) is 30.9 Å². The van der Waals surface area contributed by atoms with Crippen molar-refractivity contribution in [1.29, 1.82) is 0 Å². The van der Waals surface area contributed by atoms with Gasteiger partial charge in [0.2, 0.25) is 0 Å². The van der Waals surface area contributed by atoms with Crippen molar-refractivity contribution in [3.8, 4) is 0 Å². The third-order valence-electron chi connectivity index (χ3n) is 18.8. The fourth-order valence-electron chi connectivity index (χ4n) is 14.7. The summed E-state index contributed by atoms with van der Waals surface area (Å²) in [5, 5.41) is 127. The minimum absolute atomic E-state index is 0.0113. The van der Waals surface area contributed by atoms with Gasteiger partial charge in [-0.15, -0.1) is 0 Å². The number of hydrogen-bond donors (Lipinski definition) is 12. The molecule has 22 nitrogen and oxygen atoms in total. The first-order chi connectivity index (χ1) is 34.1. The molecule has 0 spiro atoms. The van der Waals surface area contributed by atoms with Crippen LogP contribution in [0.15, 0.2) is 23.8 Å². The molecule has 0 unspecified atom stereocenters. The van der Waals surface area contributed by atoms with Crippen molar-refractivity contribution >= 4 is 0 Å². The van der Waals surface area contributed by atoms with Crippen LogP contribution in [0.25, 0.3) is 0 Å². The highest BCUT2D eigenvalue weighted by Crippen LogP contribution is 2.70. The first kappa shape index (κ1) is 55.4. The number of allylic oxidation sites excluding steroid dienone is 1. The summed E-state index contributed by atoms with van der Waals surface area (Å²) in [4.78, 5) is 0. The summed E-state index contributed by atoms with van der Waals surface area (Å²) in [5.74, 6) is -0.203. The highest BCUT2D eigenvalue weighted by Gasteiger charge is 2.69. The first-order valence-electron chi connectivity index (χ1n) is 25.9. The van der Waals surface area contributed by atoms with Gasteiger partial charge in [-0.1, -0.05) is 44.6 Å². The molecule has 0 bridgehead atoms. The van der Waals surface area contributed by atoms with Crippen LogP contribution in [0.1, 0.15) is 79.1 Å². The maximum atomic E-state index is 11.5. The Hall–Kier alpha value is -1.40. The van der Waals surface area contributed by atoms with Crippen LogP contribution in [0.2, 0.25) is 0 Å². The summed E-state index contributed by atoms with van der Waals surface area (Å²) in [6, 6.07) is 0. The summed E-state index contributed by atoms with van der Waals surface area (Å²) in [7, 11) is 1.66. The number of rotatable bonds is 14. The Morgan fingerprint density at radius 3 is 2.12 bits per heavy atom. The van der Waals surface area contributed by atoms with Gasteiger partial charge in [-0.25, -0.2) is 0 Å². The topological polar surface area (TPSA) is 335 Å². The van der Waals surface area contributed by atoms with E-state index >= 15 is 0 Å². The Morgan fingerprint density at radius 1 is 0.736 bits per heavy atom. The van der Waals surface area contributed by atoms with Crippen LogP contribution >= 0.6 is 0 Å². The van der Waals surface area contributed by atoms with Gasteiger partial charge < -0.3 is 109 Å². The average Bonchev–Trinajstić information content (AvgIpc) is 3.81. The van der Waals surface area contributed by atoms with Gasteiger partial charge >= 0.3 is 0 Å².